The van der Waals surface area contributed by atoms with Crippen LogP contribution in [0.4, 0.5) is 0 Å². The van der Waals surface area contributed by atoms with Gasteiger partial charge in [-0.05, 0) is 24.6 Å². The summed E-state index contributed by atoms with van der Waals surface area (Å²) in [6.07, 6.45) is 0.942. The average molecular weight is 290 g/mol. The lowest BCUT2D eigenvalue weighted by Crippen LogP contribution is -1.99. The monoisotopic (exact) mass is 289 g/mol. The van der Waals surface area contributed by atoms with Crippen molar-refractivity contribution in [2.45, 2.75) is 12.3 Å². The second kappa shape index (κ2) is 4.61. The Morgan fingerprint density at radius 2 is 2.30 bits per heavy atom. The highest BCUT2D eigenvalue weighted by atomic mass is 35.5. The van der Waals surface area contributed by atoms with E-state index >= 15 is 0 Å². The van der Waals surface area contributed by atoms with Crippen molar-refractivity contribution in [2.75, 3.05) is 13.2 Å². The number of hydrogen-bond donors (Lipinski definition) is 1. The van der Waals surface area contributed by atoms with Gasteiger partial charge in [-0.2, -0.15) is 4.98 Å². The Labute approximate surface area is 119 Å². The molecule has 0 saturated carbocycles. The van der Waals surface area contributed by atoms with Crippen molar-refractivity contribution < 1.29 is 9.26 Å². The highest BCUT2D eigenvalue weighted by Crippen LogP contribution is 2.29. The van der Waals surface area contributed by atoms with Gasteiger partial charge in [0.2, 0.25) is 0 Å². The van der Waals surface area contributed by atoms with E-state index in [0.717, 1.165) is 29.6 Å². The van der Waals surface area contributed by atoms with Gasteiger partial charge in [0, 0.05) is 28.5 Å². The van der Waals surface area contributed by atoms with Crippen LogP contribution in [0, 0.1) is 0 Å². The zero-order chi connectivity index (χ0) is 13.5. The number of nitrogens with zero attached hydrogens (tertiary/aromatic N) is 2. The van der Waals surface area contributed by atoms with Crippen LogP contribution in [0.25, 0.3) is 22.5 Å². The van der Waals surface area contributed by atoms with Gasteiger partial charge >= 0.3 is 0 Å². The fourth-order valence-corrected chi connectivity index (χ4v) is 2.71. The third kappa shape index (κ3) is 1.90. The lowest BCUT2D eigenvalue weighted by atomic mass is 10.1. The van der Waals surface area contributed by atoms with E-state index in [1.165, 1.54) is 0 Å². The summed E-state index contributed by atoms with van der Waals surface area (Å²) in [5.41, 5.74) is 1.74. The molecule has 0 spiro atoms. The molecule has 1 aliphatic heterocycles. The highest BCUT2D eigenvalue weighted by Gasteiger charge is 2.23. The van der Waals surface area contributed by atoms with Crippen LogP contribution in [0.5, 0.6) is 0 Å². The number of aromatic nitrogens is 3. The maximum absolute atomic E-state index is 6.16. The van der Waals surface area contributed by atoms with E-state index < -0.39 is 0 Å². The standard InChI is InChI=1S/C14H12ClN3O2/c15-10-2-1-3-11-9(10)6-12(16-11)14-17-13(18-20-14)8-4-5-19-7-8/h1-3,6,8,16H,4-5,7H2/t8-/m0/s1. The van der Waals surface area contributed by atoms with Gasteiger partial charge < -0.3 is 14.2 Å². The van der Waals surface area contributed by atoms with Gasteiger partial charge in [-0.1, -0.05) is 22.8 Å². The molecule has 1 aromatic carbocycles. The van der Waals surface area contributed by atoms with Crippen molar-refractivity contribution >= 4 is 22.5 Å². The van der Waals surface area contributed by atoms with E-state index in [2.05, 4.69) is 15.1 Å². The normalized spacial score (nSPS) is 18.9. The van der Waals surface area contributed by atoms with Gasteiger partial charge in [0.05, 0.1) is 6.61 Å². The molecule has 0 aliphatic carbocycles. The number of aromatic amines is 1. The van der Waals surface area contributed by atoms with Crippen LogP contribution in [0.2, 0.25) is 5.02 Å². The first kappa shape index (κ1) is 11.9. The third-order valence-electron chi connectivity index (χ3n) is 3.58. The second-order valence-corrected chi connectivity index (χ2v) is 5.31. The molecule has 0 bridgehead atoms. The predicted molar refractivity (Wildman–Crippen MR) is 74.8 cm³/mol. The lowest BCUT2D eigenvalue weighted by Gasteiger charge is -1.97. The fraction of sp³-hybridized carbons (Fsp3) is 0.286. The second-order valence-electron chi connectivity index (χ2n) is 4.90. The molecule has 3 aromatic rings. The number of ether oxygens (including phenoxy) is 1. The molecule has 1 aliphatic rings. The molecule has 1 N–H and O–H groups in total. The maximum Gasteiger partial charge on any atom is 0.274 e. The molecule has 20 heavy (non-hydrogen) atoms. The van der Waals surface area contributed by atoms with Crippen molar-refractivity contribution in [3.05, 3.63) is 35.1 Å². The molecule has 1 atom stereocenters. The minimum absolute atomic E-state index is 0.237. The number of fused-ring (bicyclic) bond motifs is 1. The fourth-order valence-electron chi connectivity index (χ4n) is 2.48. The van der Waals surface area contributed by atoms with Crippen molar-refractivity contribution in [2.24, 2.45) is 0 Å². The zero-order valence-electron chi connectivity index (χ0n) is 10.6. The van der Waals surface area contributed by atoms with Crippen molar-refractivity contribution in [1.29, 1.82) is 0 Å². The number of rotatable bonds is 2. The number of halogens is 1. The first-order valence-corrected chi connectivity index (χ1v) is 6.88. The Balaban J connectivity index is 1.73. The van der Waals surface area contributed by atoms with Crippen LogP contribution >= 0.6 is 11.6 Å². The topological polar surface area (TPSA) is 63.9 Å². The number of benzene rings is 1. The summed E-state index contributed by atoms with van der Waals surface area (Å²) in [5.74, 6) is 1.43. The summed E-state index contributed by atoms with van der Waals surface area (Å²) in [4.78, 5) is 7.70. The molecular weight excluding hydrogens is 278 g/mol. The minimum Gasteiger partial charge on any atom is -0.381 e. The molecule has 5 nitrogen and oxygen atoms in total. The number of hydrogen-bond acceptors (Lipinski definition) is 4. The molecule has 102 valence electrons. The molecule has 1 saturated heterocycles. The van der Waals surface area contributed by atoms with Crippen LogP contribution in [0.15, 0.2) is 28.8 Å². The average Bonchev–Trinajstić information content (AvgIpc) is 3.18. The Bertz CT molecular complexity index is 759. The van der Waals surface area contributed by atoms with Crippen LogP contribution in [-0.4, -0.2) is 28.3 Å². The Morgan fingerprint density at radius 1 is 1.35 bits per heavy atom. The van der Waals surface area contributed by atoms with Crippen LogP contribution in [-0.2, 0) is 4.74 Å². The van der Waals surface area contributed by atoms with Gasteiger partial charge in [-0.3, -0.25) is 0 Å². The van der Waals surface area contributed by atoms with Gasteiger partial charge in [0.25, 0.3) is 5.89 Å². The number of nitrogens with one attached hydrogen (secondary N) is 1. The number of H-pyrrole nitrogens is 1. The van der Waals surface area contributed by atoms with Crippen LogP contribution < -0.4 is 0 Å². The molecule has 1 fully saturated rings. The summed E-state index contributed by atoms with van der Waals surface area (Å²) < 4.78 is 10.7. The maximum atomic E-state index is 6.16. The first-order valence-electron chi connectivity index (χ1n) is 6.50. The van der Waals surface area contributed by atoms with Gasteiger partial charge in [-0.15, -0.1) is 0 Å². The van der Waals surface area contributed by atoms with Gasteiger partial charge in [0.1, 0.15) is 5.69 Å². The van der Waals surface area contributed by atoms with Gasteiger partial charge in [-0.25, -0.2) is 0 Å². The van der Waals surface area contributed by atoms with E-state index in [-0.39, 0.29) is 5.92 Å². The largest absolute Gasteiger partial charge is 0.381 e. The van der Waals surface area contributed by atoms with E-state index in [0.29, 0.717) is 23.3 Å². The molecular formula is C14H12ClN3O2. The summed E-state index contributed by atoms with van der Waals surface area (Å²) in [5, 5.41) is 5.70. The Morgan fingerprint density at radius 3 is 3.10 bits per heavy atom. The lowest BCUT2D eigenvalue weighted by molar-refractivity contribution is 0.192. The zero-order valence-corrected chi connectivity index (χ0v) is 11.4. The summed E-state index contributed by atoms with van der Waals surface area (Å²) in [7, 11) is 0. The predicted octanol–water partition coefficient (Wildman–Crippen LogP) is 3.38. The summed E-state index contributed by atoms with van der Waals surface area (Å²) in [6.45, 7) is 1.42. The van der Waals surface area contributed by atoms with E-state index in [9.17, 15) is 0 Å². The highest BCUT2D eigenvalue weighted by molar-refractivity contribution is 6.35. The van der Waals surface area contributed by atoms with Crippen molar-refractivity contribution in [3.8, 4) is 11.6 Å². The van der Waals surface area contributed by atoms with Crippen molar-refractivity contribution in [1.82, 2.24) is 15.1 Å². The van der Waals surface area contributed by atoms with Crippen LogP contribution in [0.1, 0.15) is 18.2 Å². The first-order chi connectivity index (χ1) is 9.81. The minimum atomic E-state index is 0.237. The SMILES string of the molecule is Clc1cccc2[nH]c(-c3nc([C@H]4CCOC4)no3)cc12. The molecule has 6 heteroatoms. The van der Waals surface area contributed by atoms with Gasteiger partial charge in [0.15, 0.2) is 5.82 Å². The van der Waals surface area contributed by atoms with Crippen LogP contribution in [0.3, 0.4) is 0 Å². The molecule has 2 aromatic heterocycles. The third-order valence-corrected chi connectivity index (χ3v) is 3.91. The summed E-state index contributed by atoms with van der Waals surface area (Å²) >= 11 is 6.16. The smallest absolute Gasteiger partial charge is 0.274 e. The van der Waals surface area contributed by atoms with E-state index in [4.69, 9.17) is 20.9 Å². The Hall–Kier alpha value is -1.85. The Kier molecular flexibility index (Phi) is 2.75. The molecule has 0 amide bonds. The molecule has 4 rings (SSSR count). The molecule has 0 unspecified atom stereocenters. The summed E-state index contributed by atoms with van der Waals surface area (Å²) in [6, 6.07) is 7.66. The molecule has 3 heterocycles. The van der Waals surface area contributed by atoms with Crippen molar-refractivity contribution in [3.63, 3.8) is 0 Å². The molecule has 0 radical (unpaired) electrons. The quantitative estimate of drug-likeness (QED) is 0.785. The van der Waals surface area contributed by atoms with E-state index in [1.807, 2.05) is 24.3 Å². The van der Waals surface area contributed by atoms with E-state index in [1.54, 1.807) is 0 Å².